The van der Waals surface area contributed by atoms with Crippen molar-refractivity contribution in [2.24, 2.45) is 12.0 Å². The molecule has 0 radical (unpaired) electrons. The summed E-state index contributed by atoms with van der Waals surface area (Å²) in [5.74, 6) is -0.519. The Morgan fingerprint density at radius 2 is 1.55 bits per heavy atom. The van der Waals surface area contributed by atoms with Crippen molar-refractivity contribution in [2.75, 3.05) is 5.32 Å². The van der Waals surface area contributed by atoms with Gasteiger partial charge in [0.1, 0.15) is 0 Å². The lowest BCUT2D eigenvalue weighted by atomic mass is 10.1. The van der Waals surface area contributed by atoms with Gasteiger partial charge in [-0.25, -0.2) is 4.99 Å². The SMILES string of the molecule is Cn1c(=Nc2ccc(C(F)(F)F)cc2)n(Cc2ccc(C(=O)Nc3nn[nH]n3)cc2)c2cc(C(F)(F)F)ccc21. The van der Waals surface area contributed by atoms with Crippen LogP contribution in [0.25, 0.3) is 11.0 Å². The molecule has 5 aromatic rings. The van der Waals surface area contributed by atoms with Gasteiger partial charge in [0, 0.05) is 12.6 Å². The fourth-order valence-corrected chi connectivity index (χ4v) is 4.06. The third kappa shape index (κ3) is 5.43. The first-order chi connectivity index (χ1) is 18.9. The highest BCUT2D eigenvalue weighted by molar-refractivity contribution is 6.03. The number of aryl methyl sites for hydroxylation is 1. The third-order valence-electron chi connectivity index (χ3n) is 6.05. The highest BCUT2D eigenvalue weighted by Gasteiger charge is 2.31. The van der Waals surface area contributed by atoms with Crippen LogP contribution in [0.3, 0.4) is 0 Å². The molecule has 3 aromatic carbocycles. The summed E-state index contributed by atoms with van der Waals surface area (Å²) in [6, 6.07) is 13.7. The summed E-state index contributed by atoms with van der Waals surface area (Å²) >= 11 is 0. The number of carbonyl (C=O) groups excluding carboxylic acids is 1. The van der Waals surface area contributed by atoms with Crippen LogP contribution >= 0.6 is 0 Å². The van der Waals surface area contributed by atoms with Crippen molar-refractivity contribution in [3.8, 4) is 0 Å². The van der Waals surface area contributed by atoms with Crippen LogP contribution in [0.4, 0.5) is 38.0 Å². The summed E-state index contributed by atoms with van der Waals surface area (Å²) < 4.78 is 82.7. The van der Waals surface area contributed by atoms with E-state index in [2.05, 4.69) is 30.9 Å². The maximum Gasteiger partial charge on any atom is 0.416 e. The number of hydrogen-bond acceptors (Lipinski definition) is 5. The fraction of sp³-hybridized carbons (Fsp3) is 0.160. The average molecular weight is 560 g/mol. The molecular formula is C25H18F6N8O. The first-order valence-corrected chi connectivity index (χ1v) is 11.5. The Bertz CT molecular complexity index is 1730. The van der Waals surface area contributed by atoms with Crippen LogP contribution in [0.1, 0.15) is 27.0 Å². The zero-order valence-corrected chi connectivity index (χ0v) is 20.4. The van der Waals surface area contributed by atoms with E-state index < -0.39 is 29.4 Å². The van der Waals surface area contributed by atoms with E-state index in [9.17, 15) is 31.1 Å². The molecular weight excluding hydrogens is 542 g/mol. The van der Waals surface area contributed by atoms with Gasteiger partial charge in [0.15, 0.2) is 0 Å². The molecule has 2 heterocycles. The Kier molecular flexibility index (Phi) is 6.65. The van der Waals surface area contributed by atoms with Crippen molar-refractivity contribution < 1.29 is 31.1 Å². The van der Waals surface area contributed by atoms with Crippen molar-refractivity contribution in [1.82, 2.24) is 29.8 Å². The smallest absolute Gasteiger partial charge is 0.313 e. The van der Waals surface area contributed by atoms with Crippen molar-refractivity contribution in [1.29, 1.82) is 0 Å². The van der Waals surface area contributed by atoms with Crippen LogP contribution in [0, 0.1) is 0 Å². The lowest BCUT2D eigenvalue weighted by molar-refractivity contribution is -0.138. The van der Waals surface area contributed by atoms with Crippen LogP contribution in [-0.2, 0) is 25.9 Å². The lowest BCUT2D eigenvalue weighted by Crippen LogP contribution is -2.24. The Hall–Kier alpha value is -4.95. The molecule has 15 heteroatoms. The highest BCUT2D eigenvalue weighted by Crippen LogP contribution is 2.32. The summed E-state index contributed by atoms with van der Waals surface area (Å²) in [4.78, 5) is 16.9. The van der Waals surface area contributed by atoms with E-state index in [4.69, 9.17) is 0 Å². The lowest BCUT2D eigenvalue weighted by Gasteiger charge is -2.10. The molecule has 0 atom stereocenters. The Morgan fingerprint density at radius 1 is 0.900 bits per heavy atom. The molecule has 2 aromatic heterocycles. The Balaban J connectivity index is 1.56. The monoisotopic (exact) mass is 560 g/mol. The van der Waals surface area contributed by atoms with Crippen LogP contribution in [0.5, 0.6) is 0 Å². The van der Waals surface area contributed by atoms with E-state index in [1.54, 1.807) is 23.7 Å². The topological polar surface area (TPSA) is 106 Å². The number of alkyl halides is 6. The van der Waals surface area contributed by atoms with Gasteiger partial charge in [0.05, 0.1) is 34.4 Å². The standard InChI is InChI=1S/C25H18F6N8O/c1-38-19-11-8-17(25(29,30)31)12-20(19)39(23(38)32-18-9-6-16(7-10-18)24(26,27)28)13-14-2-4-15(5-3-14)21(40)33-22-34-36-37-35-22/h2-12H,13H2,1H3,(H2,33,34,35,36,37,40). The Morgan fingerprint density at radius 3 is 2.15 bits per heavy atom. The number of nitrogens with one attached hydrogen (secondary N) is 2. The number of H-pyrrole nitrogens is 1. The first kappa shape index (κ1) is 26.6. The second-order valence-electron chi connectivity index (χ2n) is 8.69. The highest BCUT2D eigenvalue weighted by atomic mass is 19.4. The average Bonchev–Trinajstić information content (AvgIpc) is 3.50. The molecule has 0 aliphatic rings. The Labute approximate surface area is 220 Å². The number of aromatic nitrogens is 6. The van der Waals surface area contributed by atoms with E-state index in [-0.39, 0.29) is 34.9 Å². The number of nitrogens with zero attached hydrogens (tertiary/aromatic N) is 6. The number of imidazole rings is 1. The predicted octanol–water partition coefficient (Wildman–Crippen LogP) is 5.06. The zero-order valence-electron chi connectivity index (χ0n) is 20.4. The van der Waals surface area contributed by atoms with Gasteiger partial charge >= 0.3 is 12.4 Å². The molecule has 40 heavy (non-hydrogen) atoms. The molecule has 1 amide bonds. The second kappa shape index (κ2) is 9.98. The normalized spacial score (nSPS) is 12.7. The summed E-state index contributed by atoms with van der Waals surface area (Å²) in [6.45, 7) is 0.0465. The summed E-state index contributed by atoms with van der Waals surface area (Å²) in [5.41, 5.74) is 0.186. The summed E-state index contributed by atoms with van der Waals surface area (Å²) in [5, 5.41) is 15.3. The molecule has 0 unspecified atom stereocenters. The number of fused-ring (bicyclic) bond motifs is 1. The number of benzene rings is 3. The van der Waals surface area contributed by atoms with E-state index in [0.29, 0.717) is 11.1 Å². The number of hydrogen-bond donors (Lipinski definition) is 2. The number of halogens is 6. The molecule has 5 rings (SSSR count). The van der Waals surface area contributed by atoms with Crippen LogP contribution < -0.4 is 10.9 Å². The molecule has 9 nitrogen and oxygen atoms in total. The van der Waals surface area contributed by atoms with Gasteiger partial charge < -0.3 is 9.13 Å². The minimum atomic E-state index is -4.60. The quantitative estimate of drug-likeness (QED) is 0.293. The van der Waals surface area contributed by atoms with Gasteiger partial charge in [-0.3, -0.25) is 10.1 Å². The van der Waals surface area contributed by atoms with Crippen molar-refractivity contribution in [3.63, 3.8) is 0 Å². The largest absolute Gasteiger partial charge is 0.416 e. The summed E-state index contributed by atoms with van der Waals surface area (Å²) in [6.07, 6.45) is -9.12. The predicted molar refractivity (Wildman–Crippen MR) is 130 cm³/mol. The molecule has 2 N–H and O–H groups in total. The van der Waals surface area contributed by atoms with Gasteiger partial charge in [-0.05, 0) is 65.4 Å². The number of carbonyl (C=O) groups is 1. The molecule has 0 bridgehead atoms. The molecule has 0 fully saturated rings. The number of rotatable bonds is 5. The number of amides is 1. The molecule has 0 aliphatic carbocycles. The van der Waals surface area contributed by atoms with Gasteiger partial charge in [-0.15, -0.1) is 5.10 Å². The van der Waals surface area contributed by atoms with Gasteiger partial charge in [0.2, 0.25) is 5.62 Å². The number of aromatic amines is 1. The van der Waals surface area contributed by atoms with E-state index >= 15 is 0 Å². The van der Waals surface area contributed by atoms with Crippen molar-refractivity contribution in [2.45, 2.75) is 18.9 Å². The molecule has 0 spiro atoms. The molecule has 0 saturated heterocycles. The van der Waals surface area contributed by atoms with E-state index in [1.807, 2.05) is 0 Å². The minimum Gasteiger partial charge on any atom is -0.313 e. The maximum absolute atomic E-state index is 13.5. The second-order valence-corrected chi connectivity index (χ2v) is 8.69. The third-order valence-corrected chi connectivity index (χ3v) is 6.05. The first-order valence-electron chi connectivity index (χ1n) is 11.5. The minimum absolute atomic E-state index is 0.0182. The molecule has 206 valence electrons. The van der Waals surface area contributed by atoms with Crippen molar-refractivity contribution >= 4 is 28.6 Å². The maximum atomic E-state index is 13.5. The number of tetrazole rings is 1. The van der Waals surface area contributed by atoms with Crippen LogP contribution in [0.2, 0.25) is 0 Å². The molecule has 0 saturated carbocycles. The zero-order chi connectivity index (χ0) is 28.7. The fourth-order valence-electron chi connectivity index (χ4n) is 4.06. The van der Waals surface area contributed by atoms with Gasteiger partial charge in [0.25, 0.3) is 11.9 Å². The van der Waals surface area contributed by atoms with E-state index in [1.165, 1.54) is 34.9 Å². The van der Waals surface area contributed by atoms with Gasteiger partial charge in [-0.2, -0.15) is 31.6 Å². The van der Waals surface area contributed by atoms with Crippen LogP contribution in [0.15, 0.2) is 71.7 Å². The summed E-state index contributed by atoms with van der Waals surface area (Å²) in [7, 11) is 1.60. The van der Waals surface area contributed by atoms with Gasteiger partial charge in [-0.1, -0.05) is 17.2 Å². The van der Waals surface area contributed by atoms with Crippen molar-refractivity contribution in [3.05, 3.63) is 94.6 Å². The number of anilines is 1. The van der Waals surface area contributed by atoms with E-state index in [0.717, 1.165) is 24.3 Å². The molecule has 0 aliphatic heterocycles. The van der Waals surface area contributed by atoms with Crippen LogP contribution in [-0.4, -0.2) is 35.7 Å².